The maximum Gasteiger partial charge on any atom is 0.260 e. The molecule has 25 heavy (non-hydrogen) atoms. The van der Waals surface area contributed by atoms with Gasteiger partial charge in [-0.25, -0.2) is 0 Å². The highest BCUT2D eigenvalue weighted by Gasteiger charge is 2.13. The van der Waals surface area contributed by atoms with Crippen LogP contribution in [-0.4, -0.2) is 23.0 Å². The van der Waals surface area contributed by atoms with Gasteiger partial charge in [-0.2, -0.15) is 0 Å². The number of nitrogens with zero attached hydrogens (tertiary/aromatic N) is 1. The van der Waals surface area contributed by atoms with Crippen LogP contribution in [0.5, 0.6) is 5.75 Å². The number of pyridine rings is 2. The molecular formula is C19H17N3O3. The van der Waals surface area contributed by atoms with Gasteiger partial charge in [0.1, 0.15) is 11.3 Å². The number of methoxy groups -OCH3 is 1. The summed E-state index contributed by atoms with van der Waals surface area (Å²) in [7, 11) is 1.57. The number of H-pyrrole nitrogens is 1. The van der Waals surface area contributed by atoms with Crippen molar-refractivity contribution in [3.05, 3.63) is 82.5 Å². The third-order valence-corrected chi connectivity index (χ3v) is 3.79. The predicted octanol–water partition coefficient (Wildman–Crippen LogP) is 2.38. The zero-order valence-corrected chi connectivity index (χ0v) is 13.7. The highest BCUT2D eigenvalue weighted by Crippen LogP contribution is 2.18. The standard InChI is InChI=1S/C19H17N3O3/c1-25-17-5-3-2-4-14(17)11-21-18(23)16-10-15(12-22-19(16)24)13-6-8-20-9-7-13/h2-10,12H,11H2,1H3,(H,21,23)(H,22,24). The molecule has 1 amide bonds. The van der Waals surface area contributed by atoms with Gasteiger partial charge in [0.15, 0.2) is 0 Å². The number of carbonyl (C=O) groups excluding carboxylic acids is 1. The van der Waals surface area contributed by atoms with Crippen molar-refractivity contribution in [2.75, 3.05) is 7.11 Å². The van der Waals surface area contributed by atoms with Gasteiger partial charge in [0, 0.05) is 30.7 Å². The van der Waals surface area contributed by atoms with Crippen molar-refractivity contribution in [2.45, 2.75) is 6.54 Å². The van der Waals surface area contributed by atoms with E-state index in [2.05, 4.69) is 15.3 Å². The van der Waals surface area contributed by atoms with Crippen molar-refractivity contribution in [1.29, 1.82) is 0 Å². The number of ether oxygens (including phenoxy) is 1. The second-order valence-corrected chi connectivity index (χ2v) is 5.36. The molecule has 126 valence electrons. The summed E-state index contributed by atoms with van der Waals surface area (Å²) in [5.74, 6) is 0.241. The van der Waals surface area contributed by atoms with Crippen molar-refractivity contribution in [1.82, 2.24) is 15.3 Å². The molecule has 6 nitrogen and oxygen atoms in total. The lowest BCUT2D eigenvalue weighted by Crippen LogP contribution is -2.29. The Labute approximate surface area is 144 Å². The van der Waals surface area contributed by atoms with Crippen LogP contribution in [0, 0.1) is 0 Å². The normalized spacial score (nSPS) is 10.3. The van der Waals surface area contributed by atoms with E-state index in [1.165, 1.54) is 0 Å². The molecule has 0 aliphatic rings. The molecule has 0 aliphatic heterocycles. The number of amides is 1. The van der Waals surface area contributed by atoms with Gasteiger partial charge in [-0.1, -0.05) is 18.2 Å². The first-order valence-corrected chi connectivity index (χ1v) is 7.72. The van der Waals surface area contributed by atoms with Gasteiger partial charge >= 0.3 is 0 Å². The Morgan fingerprint density at radius 3 is 2.68 bits per heavy atom. The van der Waals surface area contributed by atoms with Crippen LogP contribution in [0.25, 0.3) is 11.1 Å². The largest absolute Gasteiger partial charge is 0.496 e. The summed E-state index contributed by atoms with van der Waals surface area (Å²) < 4.78 is 5.26. The first kappa shape index (κ1) is 16.4. The van der Waals surface area contributed by atoms with E-state index < -0.39 is 11.5 Å². The van der Waals surface area contributed by atoms with Crippen molar-refractivity contribution in [3.8, 4) is 16.9 Å². The molecule has 0 aliphatic carbocycles. The Morgan fingerprint density at radius 1 is 1.16 bits per heavy atom. The Balaban J connectivity index is 1.81. The Kier molecular flexibility index (Phi) is 4.89. The zero-order chi connectivity index (χ0) is 17.6. The van der Waals surface area contributed by atoms with Gasteiger partial charge in [-0.05, 0) is 35.4 Å². The summed E-state index contributed by atoms with van der Waals surface area (Å²) in [5, 5.41) is 2.76. The molecule has 6 heteroatoms. The molecule has 0 fully saturated rings. The molecule has 2 heterocycles. The minimum atomic E-state index is -0.442. The van der Waals surface area contributed by atoms with E-state index in [1.807, 2.05) is 36.4 Å². The lowest BCUT2D eigenvalue weighted by atomic mass is 10.1. The molecule has 0 atom stereocenters. The lowest BCUT2D eigenvalue weighted by molar-refractivity contribution is 0.0949. The summed E-state index contributed by atoms with van der Waals surface area (Å²) in [6.45, 7) is 0.266. The Morgan fingerprint density at radius 2 is 1.92 bits per heavy atom. The van der Waals surface area contributed by atoms with Crippen LogP contribution < -0.4 is 15.6 Å². The van der Waals surface area contributed by atoms with E-state index >= 15 is 0 Å². The lowest BCUT2D eigenvalue weighted by Gasteiger charge is -2.10. The number of carbonyl (C=O) groups is 1. The van der Waals surface area contributed by atoms with Crippen LogP contribution in [-0.2, 0) is 6.54 Å². The van der Waals surface area contributed by atoms with E-state index in [4.69, 9.17) is 4.74 Å². The van der Waals surface area contributed by atoms with E-state index in [9.17, 15) is 9.59 Å². The van der Waals surface area contributed by atoms with E-state index in [0.717, 1.165) is 16.7 Å². The first-order valence-electron chi connectivity index (χ1n) is 7.72. The Hall–Kier alpha value is -3.41. The van der Waals surface area contributed by atoms with Crippen LogP contribution in [0.1, 0.15) is 15.9 Å². The fourth-order valence-electron chi connectivity index (χ4n) is 2.48. The second kappa shape index (κ2) is 7.44. The van der Waals surface area contributed by atoms with Gasteiger partial charge in [-0.3, -0.25) is 14.6 Å². The molecule has 0 saturated heterocycles. The third-order valence-electron chi connectivity index (χ3n) is 3.79. The molecule has 3 rings (SSSR count). The van der Waals surface area contributed by atoms with Crippen LogP contribution in [0.3, 0.4) is 0 Å². The van der Waals surface area contributed by atoms with Gasteiger partial charge in [0.05, 0.1) is 7.11 Å². The fraction of sp³-hybridized carbons (Fsp3) is 0.105. The average molecular weight is 335 g/mol. The van der Waals surface area contributed by atoms with Crippen LogP contribution >= 0.6 is 0 Å². The van der Waals surface area contributed by atoms with Crippen molar-refractivity contribution < 1.29 is 9.53 Å². The topological polar surface area (TPSA) is 84.1 Å². The summed E-state index contributed by atoms with van der Waals surface area (Å²) in [6.07, 6.45) is 4.89. The molecule has 2 N–H and O–H groups in total. The maximum atomic E-state index is 12.4. The van der Waals surface area contributed by atoms with Gasteiger partial charge in [-0.15, -0.1) is 0 Å². The third kappa shape index (κ3) is 3.74. The zero-order valence-electron chi connectivity index (χ0n) is 13.7. The first-order chi connectivity index (χ1) is 12.2. The number of aromatic nitrogens is 2. The number of nitrogens with one attached hydrogen (secondary N) is 2. The number of hydrogen-bond donors (Lipinski definition) is 2. The number of para-hydroxylation sites is 1. The number of hydrogen-bond acceptors (Lipinski definition) is 4. The van der Waals surface area contributed by atoms with Crippen molar-refractivity contribution in [2.24, 2.45) is 0 Å². The van der Waals surface area contributed by atoms with Gasteiger partial charge < -0.3 is 15.0 Å². The highest BCUT2D eigenvalue weighted by atomic mass is 16.5. The van der Waals surface area contributed by atoms with Crippen LogP contribution in [0.4, 0.5) is 0 Å². The summed E-state index contributed by atoms with van der Waals surface area (Å²) in [4.78, 5) is 31.0. The van der Waals surface area contributed by atoms with Crippen LogP contribution in [0.15, 0.2) is 65.8 Å². The van der Waals surface area contributed by atoms with E-state index in [0.29, 0.717) is 5.75 Å². The minimum Gasteiger partial charge on any atom is -0.496 e. The smallest absolute Gasteiger partial charge is 0.260 e. The highest BCUT2D eigenvalue weighted by molar-refractivity contribution is 5.94. The molecule has 2 aromatic heterocycles. The SMILES string of the molecule is COc1ccccc1CNC(=O)c1cc(-c2ccncc2)c[nH]c1=O. The fourth-order valence-corrected chi connectivity index (χ4v) is 2.48. The molecule has 0 bridgehead atoms. The maximum absolute atomic E-state index is 12.4. The predicted molar refractivity (Wildman–Crippen MR) is 94.5 cm³/mol. The quantitative estimate of drug-likeness (QED) is 0.750. The summed E-state index contributed by atoms with van der Waals surface area (Å²) in [5.41, 5.74) is 2.06. The number of benzene rings is 1. The summed E-state index contributed by atoms with van der Waals surface area (Å²) >= 11 is 0. The summed E-state index contributed by atoms with van der Waals surface area (Å²) in [6, 6.07) is 12.6. The number of rotatable bonds is 5. The number of aromatic amines is 1. The minimum absolute atomic E-state index is 0.0595. The van der Waals surface area contributed by atoms with E-state index in [1.54, 1.807) is 31.8 Å². The van der Waals surface area contributed by atoms with Crippen molar-refractivity contribution in [3.63, 3.8) is 0 Å². The molecule has 3 aromatic rings. The Bertz CT molecular complexity index is 936. The molecule has 0 radical (unpaired) electrons. The monoisotopic (exact) mass is 335 g/mol. The molecular weight excluding hydrogens is 318 g/mol. The van der Waals surface area contributed by atoms with E-state index in [-0.39, 0.29) is 12.1 Å². The molecule has 0 saturated carbocycles. The molecule has 0 unspecified atom stereocenters. The van der Waals surface area contributed by atoms with Gasteiger partial charge in [0.2, 0.25) is 0 Å². The second-order valence-electron chi connectivity index (χ2n) is 5.36. The molecule has 1 aromatic carbocycles. The average Bonchev–Trinajstić information content (AvgIpc) is 2.67. The van der Waals surface area contributed by atoms with Crippen LogP contribution in [0.2, 0.25) is 0 Å². The van der Waals surface area contributed by atoms with Gasteiger partial charge in [0.25, 0.3) is 11.5 Å². The molecule has 0 spiro atoms. The van der Waals surface area contributed by atoms with Crippen molar-refractivity contribution >= 4 is 5.91 Å².